The molecule has 0 heterocycles. The van der Waals surface area contributed by atoms with Crippen molar-refractivity contribution in [2.45, 2.75) is 59.6 Å². The van der Waals surface area contributed by atoms with Gasteiger partial charge in [0.1, 0.15) is 12.6 Å². The van der Waals surface area contributed by atoms with Gasteiger partial charge in [0.25, 0.3) is 10.0 Å². The number of hydrogen-bond donors (Lipinski definition) is 4. The van der Waals surface area contributed by atoms with E-state index >= 15 is 0 Å². The van der Waals surface area contributed by atoms with Crippen molar-refractivity contribution in [3.8, 4) is 0 Å². The number of sulfonamides is 1. The van der Waals surface area contributed by atoms with E-state index < -0.39 is 93.9 Å². The first kappa shape index (κ1) is 37.7. The fourth-order valence-corrected chi connectivity index (χ4v) is 4.07. The van der Waals surface area contributed by atoms with Gasteiger partial charge in [-0.25, -0.2) is 13.1 Å². The van der Waals surface area contributed by atoms with Crippen LogP contribution in [-0.2, 0) is 10.0 Å². The number of halogens is 15. The molecule has 0 aromatic heterocycles. The molecule has 7 nitrogen and oxygen atoms in total. The van der Waals surface area contributed by atoms with E-state index in [0.717, 1.165) is 0 Å². The summed E-state index contributed by atoms with van der Waals surface area (Å²) < 4.78 is 223. The second-order valence-electron chi connectivity index (χ2n) is 8.85. The summed E-state index contributed by atoms with van der Waals surface area (Å²) in [6.45, 7) is -3.16. The average molecular weight is 639 g/mol. The molecular formula is C16H22F15N2O5S+. The Kier molecular flexibility index (Phi) is 10.8. The van der Waals surface area contributed by atoms with Gasteiger partial charge < -0.3 is 19.8 Å². The van der Waals surface area contributed by atoms with Gasteiger partial charge in [-0.2, -0.15) is 65.9 Å². The molecule has 0 radical (unpaired) electrons. The Bertz CT molecular complexity index is 941. The van der Waals surface area contributed by atoms with Crippen LogP contribution in [0.5, 0.6) is 0 Å². The van der Waals surface area contributed by atoms with Crippen molar-refractivity contribution >= 4 is 10.0 Å². The molecule has 0 amide bonds. The Morgan fingerprint density at radius 3 is 1.44 bits per heavy atom. The third-order valence-corrected chi connectivity index (χ3v) is 6.75. The van der Waals surface area contributed by atoms with Crippen molar-refractivity contribution in [1.82, 2.24) is 4.72 Å². The Morgan fingerprint density at radius 1 is 0.692 bits per heavy atom. The average Bonchev–Trinajstić information content (AvgIpc) is 2.74. The van der Waals surface area contributed by atoms with E-state index in [1.165, 1.54) is 14.1 Å². The standard InChI is InChI=1S/C16H22F15N2O5S/c1-33(2,5-9(36)7-35)4-3-8(6-34)32-39(37,38)16(30,31)14(25,26)12(21,22)10(17,18)11(19,20)13(23,24)15(27,28)29/h8-9,32,34-36H,3-7H2,1-2H3/q+1. The minimum Gasteiger partial charge on any atom is -0.395 e. The summed E-state index contributed by atoms with van der Waals surface area (Å²) in [4.78, 5) is 0. The van der Waals surface area contributed by atoms with Crippen molar-refractivity contribution in [3.63, 3.8) is 0 Å². The van der Waals surface area contributed by atoms with Crippen molar-refractivity contribution in [3.05, 3.63) is 0 Å². The second kappa shape index (κ2) is 11.2. The third-order valence-electron chi connectivity index (χ3n) is 5.18. The van der Waals surface area contributed by atoms with E-state index in [9.17, 15) is 79.4 Å². The number of nitrogens with zero attached hydrogens (tertiary/aromatic N) is 1. The number of rotatable bonds is 15. The quantitative estimate of drug-likeness (QED) is 0.163. The first-order valence-corrected chi connectivity index (χ1v) is 11.4. The number of aliphatic hydroxyl groups is 3. The Labute approximate surface area is 209 Å². The summed E-state index contributed by atoms with van der Waals surface area (Å²) in [5.74, 6) is -42.2. The monoisotopic (exact) mass is 639 g/mol. The normalized spacial score (nSPS) is 17.3. The van der Waals surface area contributed by atoms with Gasteiger partial charge >= 0.3 is 41.0 Å². The minimum absolute atomic E-state index is 0.326. The smallest absolute Gasteiger partial charge is 0.395 e. The topological polar surface area (TPSA) is 107 Å². The van der Waals surface area contributed by atoms with Crippen molar-refractivity contribution in [1.29, 1.82) is 0 Å². The van der Waals surface area contributed by atoms with E-state index in [1.54, 1.807) is 0 Å². The van der Waals surface area contributed by atoms with Crippen LogP contribution in [0.3, 0.4) is 0 Å². The van der Waals surface area contributed by atoms with Gasteiger partial charge in [0, 0.05) is 6.42 Å². The fourth-order valence-electron chi connectivity index (χ4n) is 2.83. The fraction of sp³-hybridized carbons (Fsp3) is 1.00. The molecule has 0 fully saturated rings. The van der Waals surface area contributed by atoms with Crippen LogP contribution in [0.2, 0.25) is 0 Å². The molecule has 0 rings (SSSR count). The lowest BCUT2D eigenvalue weighted by Crippen LogP contribution is -2.74. The first-order chi connectivity index (χ1) is 16.8. The first-order valence-electron chi connectivity index (χ1n) is 9.92. The van der Waals surface area contributed by atoms with Crippen molar-refractivity contribution in [2.75, 3.05) is 40.4 Å². The molecule has 2 unspecified atom stereocenters. The van der Waals surface area contributed by atoms with Crippen LogP contribution < -0.4 is 4.72 Å². The highest BCUT2D eigenvalue weighted by Gasteiger charge is 2.94. The third kappa shape index (κ3) is 6.62. The molecule has 39 heavy (non-hydrogen) atoms. The van der Waals surface area contributed by atoms with E-state index in [0.29, 0.717) is 4.72 Å². The molecule has 0 saturated carbocycles. The van der Waals surface area contributed by atoms with Gasteiger partial charge in [-0.15, -0.1) is 0 Å². The molecule has 0 aliphatic rings. The number of likely N-dealkylation sites (N-methyl/N-ethyl adjacent to an activating group) is 1. The highest BCUT2D eigenvalue weighted by Crippen LogP contribution is 2.62. The largest absolute Gasteiger partial charge is 0.460 e. The van der Waals surface area contributed by atoms with E-state index in [2.05, 4.69) is 0 Å². The number of nitrogens with one attached hydrogen (secondary N) is 1. The molecule has 0 saturated heterocycles. The highest BCUT2D eigenvalue weighted by atomic mass is 32.2. The summed E-state index contributed by atoms with van der Waals surface area (Å²) in [6, 6.07) is -2.31. The van der Waals surface area contributed by atoms with Gasteiger partial charge in [-0.3, -0.25) is 0 Å². The van der Waals surface area contributed by atoms with Gasteiger partial charge in [0.15, 0.2) is 0 Å². The summed E-state index contributed by atoms with van der Waals surface area (Å²) in [6.07, 6.45) is -10.1. The molecule has 4 N–H and O–H groups in total. The molecule has 236 valence electrons. The Balaban J connectivity index is 6.36. The van der Waals surface area contributed by atoms with Crippen LogP contribution in [0.15, 0.2) is 0 Å². The van der Waals surface area contributed by atoms with Gasteiger partial charge in [-0.05, 0) is 0 Å². The second-order valence-corrected chi connectivity index (χ2v) is 10.6. The number of quaternary nitrogens is 1. The zero-order chi connectivity index (χ0) is 31.9. The number of aliphatic hydroxyl groups excluding tert-OH is 3. The molecule has 0 aliphatic carbocycles. The van der Waals surface area contributed by atoms with Crippen LogP contribution in [0.4, 0.5) is 65.9 Å². The van der Waals surface area contributed by atoms with E-state index in [-0.39, 0.29) is 6.54 Å². The summed E-state index contributed by atoms with van der Waals surface area (Å²) in [7, 11) is -4.93. The maximum atomic E-state index is 14.1. The van der Waals surface area contributed by atoms with Gasteiger partial charge in [-0.1, -0.05) is 0 Å². The van der Waals surface area contributed by atoms with Crippen LogP contribution in [0.1, 0.15) is 6.42 Å². The lowest BCUT2D eigenvalue weighted by Gasteiger charge is -2.41. The molecule has 23 heteroatoms. The molecule has 0 aromatic carbocycles. The lowest BCUT2D eigenvalue weighted by atomic mass is 9.94. The maximum Gasteiger partial charge on any atom is 0.460 e. The minimum atomic E-state index is -8.65. The lowest BCUT2D eigenvalue weighted by molar-refractivity contribution is -0.893. The molecule has 0 aliphatic heterocycles. The van der Waals surface area contributed by atoms with E-state index in [1.807, 2.05) is 0 Å². The van der Waals surface area contributed by atoms with Crippen LogP contribution in [0.25, 0.3) is 0 Å². The highest BCUT2D eigenvalue weighted by molar-refractivity contribution is 7.90. The van der Waals surface area contributed by atoms with Gasteiger partial charge in [0.2, 0.25) is 0 Å². The van der Waals surface area contributed by atoms with Crippen LogP contribution in [0, 0.1) is 0 Å². The zero-order valence-corrected chi connectivity index (χ0v) is 20.2. The summed E-state index contributed by atoms with van der Waals surface area (Å²) in [5.41, 5.74) is 0. The molecule has 0 bridgehead atoms. The molecule has 0 spiro atoms. The van der Waals surface area contributed by atoms with Crippen molar-refractivity contribution < 1.29 is 94.1 Å². The maximum absolute atomic E-state index is 14.1. The number of alkyl halides is 15. The Morgan fingerprint density at radius 2 is 1.08 bits per heavy atom. The zero-order valence-electron chi connectivity index (χ0n) is 19.4. The molecule has 0 aromatic rings. The predicted octanol–water partition coefficient (Wildman–Crippen LogP) is 2.42. The molecular weight excluding hydrogens is 617 g/mol. The molecule has 2 atom stereocenters. The van der Waals surface area contributed by atoms with Crippen molar-refractivity contribution in [2.24, 2.45) is 0 Å². The summed E-state index contributed by atoms with van der Waals surface area (Å²) >= 11 is 0. The summed E-state index contributed by atoms with van der Waals surface area (Å²) in [5, 5.41) is 19.7. The Hall–Kier alpha value is -1.30. The SMILES string of the molecule is C[N+](C)(CCC(CO)NS(=O)(=O)C(F)(F)C(F)(F)C(F)(F)C(F)(F)C(F)(F)C(F)(F)C(F)(F)F)CC(O)CO. The number of hydrogen-bond acceptors (Lipinski definition) is 5. The van der Waals surface area contributed by atoms with E-state index in [4.69, 9.17) is 10.2 Å². The van der Waals surface area contributed by atoms with Gasteiger partial charge in [0.05, 0.1) is 39.9 Å². The van der Waals surface area contributed by atoms with Crippen LogP contribution >= 0.6 is 0 Å². The van der Waals surface area contributed by atoms with Crippen LogP contribution in [-0.4, -0.2) is 122 Å². The predicted molar refractivity (Wildman–Crippen MR) is 98.2 cm³/mol.